The normalized spacial score (nSPS) is 10.8. The summed E-state index contributed by atoms with van der Waals surface area (Å²) in [6.45, 7) is 3.63. The van der Waals surface area contributed by atoms with Crippen molar-refractivity contribution in [1.29, 1.82) is 0 Å². The summed E-state index contributed by atoms with van der Waals surface area (Å²) < 4.78 is 17.9. The molecule has 0 fully saturated rings. The topological polar surface area (TPSA) is 243 Å². The van der Waals surface area contributed by atoms with E-state index in [0.717, 1.165) is 5.56 Å². The molecule has 0 saturated carbocycles. The second-order valence-electron chi connectivity index (χ2n) is 16.4. The van der Waals surface area contributed by atoms with E-state index in [4.69, 9.17) is 9.47 Å². The summed E-state index contributed by atoms with van der Waals surface area (Å²) in [4.78, 5) is 92.8. The molecule has 0 unspecified atom stereocenters. The molecular weight excluding hydrogens is 923 g/mol. The maximum Gasteiger partial charge on any atom is 0.322 e. The van der Waals surface area contributed by atoms with Gasteiger partial charge >= 0.3 is 12.1 Å². The summed E-state index contributed by atoms with van der Waals surface area (Å²) >= 11 is 0. The molecule has 5 N–H and O–H groups in total. The van der Waals surface area contributed by atoms with Gasteiger partial charge < -0.3 is 30.3 Å². The van der Waals surface area contributed by atoms with Crippen LogP contribution in [0.2, 0.25) is 0 Å². The SMILES string of the molecule is Cc1c(C(=O)Nc2ccc(Oc3ccnc(NC(=O)NCCc4cccc(-n5c(=O)c(C(=O)Nc6ccc(Oc7ccnc(NC(=O)N(C)C)c7)cn6)c(C)n5C)c4)c3)cc2)c(=O)n(-c2ccccc2)n1C. The zero-order valence-electron chi connectivity index (χ0n) is 40.0. The molecule has 5 heterocycles. The van der Waals surface area contributed by atoms with E-state index < -0.39 is 29.0 Å². The van der Waals surface area contributed by atoms with Gasteiger partial charge in [-0.25, -0.2) is 33.9 Å². The van der Waals surface area contributed by atoms with Crippen molar-refractivity contribution in [2.24, 2.45) is 14.1 Å². The number of amides is 6. The molecule has 0 spiro atoms. The van der Waals surface area contributed by atoms with Crippen LogP contribution >= 0.6 is 0 Å². The maximum absolute atomic E-state index is 13.8. The van der Waals surface area contributed by atoms with Gasteiger partial charge in [-0.1, -0.05) is 30.3 Å². The van der Waals surface area contributed by atoms with Crippen LogP contribution in [0.25, 0.3) is 11.4 Å². The average molecular weight is 972 g/mol. The number of carbonyl (C=O) groups is 4. The first-order valence-corrected chi connectivity index (χ1v) is 22.3. The van der Waals surface area contributed by atoms with Gasteiger partial charge in [0.15, 0.2) is 0 Å². The number of anilines is 4. The molecular formula is C51H49N13O8. The van der Waals surface area contributed by atoms with Crippen molar-refractivity contribution in [3.05, 3.63) is 183 Å². The van der Waals surface area contributed by atoms with E-state index in [-0.39, 0.29) is 35.3 Å². The fraction of sp³-hybridized carbons (Fsp3) is 0.157. The molecule has 8 aromatic rings. The van der Waals surface area contributed by atoms with Crippen LogP contribution < -0.4 is 47.2 Å². The second-order valence-corrected chi connectivity index (χ2v) is 16.4. The van der Waals surface area contributed by atoms with Gasteiger partial charge in [-0.05, 0) is 98.6 Å². The molecule has 366 valence electrons. The first kappa shape index (κ1) is 48.7. The summed E-state index contributed by atoms with van der Waals surface area (Å²) in [5, 5.41) is 13.7. The van der Waals surface area contributed by atoms with Crippen molar-refractivity contribution < 1.29 is 28.7 Å². The molecule has 72 heavy (non-hydrogen) atoms. The van der Waals surface area contributed by atoms with Crippen LogP contribution in [0.3, 0.4) is 0 Å². The lowest BCUT2D eigenvalue weighted by Gasteiger charge is -2.12. The van der Waals surface area contributed by atoms with E-state index in [1.165, 1.54) is 38.9 Å². The van der Waals surface area contributed by atoms with E-state index in [1.54, 1.807) is 136 Å². The average Bonchev–Trinajstić information content (AvgIpc) is 3.73. The third-order valence-corrected chi connectivity index (χ3v) is 11.3. The minimum absolute atomic E-state index is 0.0344. The lowest BCUT2D eigenvalue weighted by molar-refractivity contribution is 0.101. The number of benzene rings is 3. The fourth-order valence-corrected chi connectivity index (χ4v) is 7.49. The number of hydrogen-bond donors (Lipinski definition) is 5. The van der Waals surface area contributed by atoms with Crippen molar-refractivity contribution in [1.82, 2.24) is 43.9 Å². The molecule has 3 aromatic carbocycles. The monoisotopic (exact) mass is 971 g/mol. The van der Waals surface area contributed by atoms with Crippen LogP contribution in [0, 0.1) is 13.8 Å². The molecule has 0 aliphatic rings. The van der Waals surface area contributed by atoms with Crippen molar-refractivity contribution >= 4 is 47.0 Å². The minimum Gasteiger partial charge on any atom is -0.457 e. The fourth-order valence-electron chi connectivity index (χ4n) is 7.49. The Morgan fingerprint density at radius 1 is 0.569 bits per heavy atom. The van der Waals surface area contributed by atoms with Gasteiger partial charge in [0.25, 0.3) is 22.9 Å². The van der Waals surface area contributed by atoms with Gasteiger partial charge in [0.1, 0.15) is 51.6 Å². The molecule has 21 nitrogen and oxygen atoms in total. The number of carbonyl (C=O) groups excluding carboxylic acids is 4. The first-order valence-electron chi connectivity index (χ1n) is 22.3. The summed E-state index contributed by atoms with van der Waals surface area (Å²) in [6, 6.07) is 31.5. The molecule has 0 atom stereocenters. The van der Waals surface area contributed by atoms with E-state index >= 15 is 0 Å². The maximum atomic E-state index is 13.8. The van der Waals surface area contributed by atoms with Crippen molar-refractivity contribution in [2.75, 3.05) is 41.9 Å². The lowest BCUT2D eigenvalue weighted by atomic mass is 10.1. The highest BCUT2D eigenvalue weighted by molar-refractivity contribution is 6.05. The number of nitrogens with one attached hydrogen (secondary N) is 5. The zero-order chi connectivity index (χ0) is 51.1. The number of pyridine rings is 3. The van der Waals surface area contributed by atoms with Gasteiger partial charge in [0, 0.05) is 64.9 Å². The number of para-hydroxylation sites is 1. The summed E-state index contributed by atoms with van der Waals surface area (Å²) in [6.07, 6.45) is 4.80. The van der Waals surface area contributed by atoms with Crippen LogP contribution in [0.4, 0.5) is 32.7 Å². The molecule has 0 aliphatic carbocycles. The highest BCUT2D eigenvalue weighted by Crippen LogP contribution is 2.26. The molecule has 21 heteroatoms. The summed E-state index contributed by atoms with van der Waals surface area (Å²) in [5.41, 5.74) is 2.38. The number of ether oxygens (including phenoxy) is 2. The first-order chi connectivity index (χ1) is 34.6. The van der Waals surface area contributed by atoms with Gasteiger partial charge in [-0.15, -0.1) is 0 Å². The Balaban J connectivity index is 0.824. The Morgan fingerprint density at radius 2 is 1.14 bits per heavy atom. The van der Waals surface area contributed by atoms with Gasteiger partial charge in [0.05, 0.1) is 29.0 Å². The second kappa shape index (κ2) is 21.2. The van der Waals surface area contributed by atoms with Crippen molar-refractivity contribution in [3.63, 3.8) is 0 Å². The number of rotatable bonds is 15. The largest absolute Gasteiger partial charge is 0.457 e. The van der Waals surface area contributed by atoms with Gasteiger partial charge in [-0.2, -0.15) is 0 Å². The highest BCUT2D eigenvalue weighted by atomic mass is 16.5. The molecule has 0 bridgehead atoms. The van der Waals surface area contributed by atoms with Crippen LogP contribution in [-0.4, -0.2) is 83.1 Å². The lowest BCUT2D eigenvalue weighted by Crippen LogP contribution is -2.30. The predicted molar refractivity (Wildman–Crippen MR) is 270 cm³/mol. The molecule has 6 amide bonds. The highest BCUT2D eigenvalue weighted by Gasteiger charge is 2.24. The third kappa shape index (κ3) is 11.1. The predicted octanol–water partition coefficient (Wildman–Crippen LogP) is 7.01. The van der Waals surface area contributed by atoms with E-state index in [1.807, 2.05) is 24.3 Å². The Hall–Kier alpha value is -9.79. The van der Waals surface area contributed by atoms with Crippen LogP contribution in [-0.2, 0) is 20.5 Å². The number of urea groups is 2. The van der Waals surface area contributed by atoms with Crippen LogP contribution in [0.15, 0.2) is 143 Å². The number of aromatic nitrogens is 7. The van der Waals surface area contributed by atoms with E-state index in [9.17, 15) is 28.8 Å². The Kier molecular flexibility index (Phi) is 14.4. The van der Waals surface area contributed by atoms with Crippen molar-refractivity contribution in [2.45, 2.75) is 20.3 Å². The standard InChI is InChI=1S/C51H49N13O8/c1-31-44(48(67)63(61(31)5)35-12-8-7-9-13-35)46(65)56-34-15-17-37(18-16-34)71-38-22-25-52-42(28-38)58-50(69)54-24-21-33-11-10-14-36(27-33)64-49(68)45(32(2)62(64)6)47(66)57-41-20-19-40(30-55-41)72-39-23-26-53-43(29-39)59-51(70)60(3)4/h7-20,22-23,25-30H,21,24H2,1-6H3,(H,56,65)(H,53,59,70)(H,55,57,66)(H2,52,54,58,69). The van der Waals surface area contributed by atoms with Gasteiger partial charge in [-0.3, -0.25) is 39.2 Å². The van der Waals surface area contributed by atoms with Gasteiger partial charge in [0.2, 0.25) is 0 Å². The molecule has 8 rings (SSSR count). The van der Waals surface area contributed by atoms with Crippen LogP contribution in [0.1, 0.15) is 37.7 Å². The summed E-state index contributed by atoms with van der Waals surface area (Å²) in [7, 11) is 6.62. The Bertz CT molecular complexity index is 3430. The molecule has 0 saturated heterocycles. The summed E-state index contributed by atoms with van der Waals surface area (Å²) in [5.74, 6) is 1.15. The molecule has 0 radical (unpaired) electrons. The smallest absolute Gasteiger partial charge is 0.322 e. The van der Waals surface area contributed by atoms with E-state index in [2.05, 4.69) is 41.5 Å². The minimum atomic E-state index is -0.643. The number of hydrogen-bond acceptors (Lipinski definition) is 11. The Morgan fingerprint density at radius 3 is 1.75 bits per heavy atom. The number of nitrogens with zero attached hydrogens (tertiary/aromatic N) is 8. The Labute approximate surface area is 411 Å². The third-order valence-electron chi connectivity index (χ3n) is 11.3. The van der Waals surface area contributed by atoms with Crippen LogP contribution in [0.5, 0.6) is 23.0 Å². The molecule has 5 aromatic heterocycles. The molecule has 0 aliphatic heterocycles. The van der Waals surface area contributed by atoms with E-state index in [0.29, 0.717) is 63.7 Å². The van der Waals surface area contributed by atoms with Crippen molar-refractivity contribution in [3.8, 4) is 34.4 Å². The zero-order valence-corrected chi connectivity index (χ0v) is 40.0. The quantitative estimate of drug-likeness (QED) is 0.0700.